The molecule has 0 saturated carbocycles. The van der Waals surface area contributed by atoms with E-state index < -0.39 is 0 Å². The van der Waals surface area contributed by atoms with Gasteiger partial charge in [0.25, 0.3) is 0 Å². The van der Waals surface area contributed by atoms with Gasteiger partial charge in [0, 0.05) is 23.1 Å². The predicted octanol–water partition coefficient (Wildman–Crippen LogP) is 16.5. The minimum absolute atomic E-state index is 0.0159. The minimum Gasteiger partial charge on any atom is -0.321 e. The molecular formula is C61H59N3. The van der Waals surface area contributed by atoms with Crippen molar-refractivity contribution in [3.8, 4) is 55.8 Å². The van der Waals surface area contributed by atoms with Crippen molar-refractivity contribution in [3.63, 3.8) is 0 Å². The number of rotatable bonds is 7. The van der Waals surface area contributed by atoms with Crippen LogP contribution in [0.15, 0.2) is 164 Å². The molecule has 8 aromatic rings. The number of anilines is 4. The number of fused-ring (bicyclic) bond motifs is 2. The van der Waals surface area contributed by atoms with Gasteiger partial charge in [-0.05, 0) is 170 Å². The normalized spacial score (nSPS) is 15.6. The number of hydrogen-bond donors (Lipinski definition) is 0. The quantitative estimate of drug-likeness (QED) is 0.159. The molecule has 0 spiro atoms. The fourth-order valence-electron chi connectivity index (χ4n) is 11.0. The Morgan fingerprint density at radius 3 is 1.25 bits per heavy atom. The molecule has 0 bridgehead atoms. The molecule has 0 N–H and O–H groups in total. The number of pyridine rings is 1. The van der Waals surface area contributed by atoms with Crippen LogP contribution in [-0.2, 0) is 10.8 Å². The van der Waals surface area contributed by atoms with Gasteiger partial charge >= 0.3 is 0 Å². The zero-order valence-corrected chi connectivity index (χ0v) is 39.1. The third-order valence-electron chi connectivity index (χ3n) is 16.2. The SMILES string of the molecule is Cc1c(C)c(-c2ccccc2-c2ccc(N3CN(c4ccccc4)c4cc5c(cc43)C(C)(C)C(C)(C)C5(C)C)cc2)c(C)c(C)c1-c1ccccc1-c1ccc(-c2ccccn2)cc1. The summed E-state index contributed by atoms with van der Waals surface area (Å²) in [5.41, 5.74) is 25.5. The fraction of sp³-hybridized carbons (Fsp3) is 0.230. The highest BCUT2D eigenvalue weighted by Crippen LogP contribution is 2.64. The summed E-state index contributed by atoms with van der Waals surface area (Å²) in [5, 5.41) is 0. The molecule has 2 aliphatic rings. The molecule has 1 aromatic heterocycles. The zero-order valence-electron chi connectivity index (χ0n) is 39.1. The third kappa shape index (κ3) is 6.26. The maximum absolute atomic E-state index is 4.57. The average Bonchev–Trinajstić information content (AvgIpc) is 3.74. The lowest BCUT2D eigenvalue weighted by atomic mass is 9.59. The Kier molecular flexibility index (Phi) is 9.83. The van der Waals surface area contributed by atoms with Gasteiger partial charge in [0.2, 0.25) is 0 Å². The van der Waals surface area contributed by atoms with E-state index in [0.29, 0.717) is 0 Å². The van der Waals surface area contributed by atoms with Gasteiger partial charge in [-0.3, -0.25) is 4.98 Å². The van der Waals surface area contributed by atoms with Crippen LogP contribution < -0.4 is 9.80 Å². The largest absolute Gasteiger partial charge is 0.321 e. The molecule has 2 heterocycles. The van der Waals surface area contributed by atoms with Crippen LogP contribution in [0.1, 0.15) is 74.9 Å². The smallest absolute Gasteiger partial charge is 0.100 e. The van der Waals surface area contributed by atoms with E-state index in [1.807, 2.05) is 18.3 Å². The second kappa shape index (κ2) is 15.2. The molecule has 7 aromatic carbocycles. The van der Waals surface area contributed by atoms with Crippen LogP contribution in [-0.4, -0.2) is 11.7 Å². The van der Waals surface area contributed by atoms with Crippen molar-refractivity contribution < 1.29 is 0 Å². The van der Waals surface area contributed by atoms with Gasteiger partial charge in [-0.1, -0.05) is 151 Å². The summed E-state index contributed by atoms with van der Waals surface area (Å²) < 4.78 is 0. The number of aromatic nitrogens is 1. The highest BCUT2D eigenvalue weighted by Gasteiger charge is 2.57. The van der Waals surface area contributed by atoms with Crippen LogP contribution in [0.2, 0.25) is 0 Å². The summed E-state index contributed by atoms with van der Waals surface area (Å²) in [4.78, 5) is 9.58. The summed E-state index contributed by atoms with van der Waals surface area (Å²) in [5.74, 6) is 0. The van der Waals surface area contributed by atoms with Gasteiger partial charge in [-0.15, -0.1) is 0 Å². The highest BCUT2D eigenvalue weighted by atomic mass is 15.4. The lowest BCUT2D eigenvalue weighted by molar-refractivity contribution is 0.125. The summed E-state index contributed by atoms with van der Waals surface area (Å²) >= 11 is 0. The molecule has 0 amide bonds. The van der Waals surface area contributed by atoms with Crippen molar-refractivity contribution in [2.75, 3.05) is 16.5 Å². The first kappa shape index (κ1) is 41.3. The van der Waals surface area contributed by atoms with Crippen molar-refractivity contribution in [1.29, 1.82) is 0 Å². The van der Waals surface area contributed by atoms with E-state index in [1.165, 1.54) is 101 Å². The van der Waals surface area contributed by atoms with Crippen molar-refractivity contribution in [3.05, 3.63) is 197 Å². The maximum Gasteiger partial charge on any atom is 0.100 e. The highest BCUT2D eigenvalue weighted by molar-refractivity contribution is 5.94. The van der Waals surface area contributed by atoms with Crippen LogP contribution in [0, 0.1) is 33.1 Å². The second-order valence-electron chi connectivity index (χ2n) is 19.8. The standard InChI is InChI=1S/C61H59N3/c1-39-41(3)58(42(4)40(2)57(39)50-24-16-14-22-48(50)43-27-29-45(30-28-43)54-26-18-19-35-62-54)51-25-17-15-23-49(51)44-31-33-47(34-32-44)64-38-63(46-20-12-11-13-21-46)55-36-52-53(37-56(55)64)60(7,8)61(9,10)59(52,5)6/h11-37H,38H2,1-10H3. The molecular weight excluding hydrogens is 775 g/mol. The van der Waals surface area contributed by atoms with E-state index in [-0.39, 0.29) is 16.2 Å². The van der Waals surface area contributed by atoms with E-state index in [4.69, 9.17) is 0 Å². The molecule has 0 saturated heterocycles. The van der Waals surface area contributed by atoms with Crippen molar-refractivity contribution in [2.45, 2.75) is 80.1 Å². The first-order valence-electron chi connectivity index (χ1n) is 22.9. The summed E-state index contributed by atoms with van der Waals surface area (Å²) in [6.07, 6.45) is 1.85. The van der Waals surface area contributed by atoms with Crippen LogP contribution in [0.25, 0.3) is 55.8 Å². The lowest BCUT2D eigenvalue weighted by Gasteiger charge is -2.44. The first-order valence-corrected chi connectivity index (χ1v) is 22.9. The predicted molar refractivity (Wildman–Crippen MR) is 272 cm³/mol. The molecule has 0 radical (unpaired) electrons. The van der Waals surface area contributed by atoms with Gasteiger partial charge in [0.1, 0.15) is 6.67 Å². The van der Waals surface area contributed by atoms with Gasteiger partial charge < -0.3 is 9.80 Å². The molecule has 3 heteroatoms. The van der Waals surface area contributed by atoms with Gasteiger partial charge in [-0.2, -0.15) is 0 Å². The second-order valence-corrected chi connectivity index (χ2v) is 19.8. The molecule has 0 fully saturated rings. The molecule has 10 rings (SSSR count). The lowest BCUT2D eigenvalue weighted by Crippen LogP contribution is -2.42. The minimum atomic E-state index is 0.0159. The Morgan fingerprint density at radius 2 is 0.797 bits per heavy atom. The fourth-order valence-corrected chi connectivity index (χ4v) is 11.0. The van der Waals surface area contributed by atoms with E-state index in [2.05, 4.69) is 230 Å². The maximum atomic E-state index is 4.57. The Balaban J connectivity index is 1.02. The molecule has 318 valence electrons. The molecule has 1 aliphatic carbocycles. The van der Waals surface area contributed by atoms with Crippen LogP contribution in [0.3, 0.4) is 0 Å². The number of benzene rings is 7. The molecule has 0 unspecified atom stereocenters. The van der Waals surface area contributed by atoms with E-state index in [0.717, 1.165) is 17.9 Å². The van der Waals surface area contributed by atoms with E-state index in [1.54, 1.807) is 0 Å². The van der Waals surface area contributed by atoms with Crippen molar-refractivity contribution in [2.24, 2.45) is 5.41 Å². The Morgan fingerprint density at radius 1 is 0.406 bits per heavy atom. The monoisotopic (exact) mass is 833 g/mol. The third-order valence-corrected chi connectivity index (χ3v) is 16.2. The number of nitrogens with zero attached hydrogens (tertiary/aromatic N) is 3. The molecule has 0 atom stereocenters. The Bertz CT molecular complexity index is 3040. The average molecular weight is 834 g/mol. The van der Waals surface area contributed by atoms with E-state index >= 15 is 0 Å². The Hall–Kier alpha value is -6.71. The zero-order chi connectivity index (χ0) is 44.7. The van der Waals surface area contributed by atoms with Gasteiger partial charge in [0.15, 0.2) is 0 Å². The number of hydrogen-bond acceptors (Lipinski definition) is 3. The summed E-state index contributed by atoms with van der Waals surface area (Å²) in [6.45, 7) is 24.7. The van der Waals surface area contributed by atoms with Gasteiger partial charge in [0.05, 0.1) is 17.1 Å². The van der Waals surface area contributed by atoms with Crippen molar-refractivity contribution in [1.82, 2.24) is 4.98 Å². The van der Waals surface area contributed by atoms with Crippen LogP contribution in [0.5, 0.6) is 0 Å². The summed E-state index contributed by atoms with van der Waals surface area (Å²) in [6, 6.07) is 58.0. The molecule has 3 nitrogen and oxygen atoms in total. The Labute approximate surface area is 381 Å². The van der Waals surface area contributed by atoms with Crippen molar-refractivity contribution >= 4 is 22.7 Å². The van der Waals surface area contributed by atoms with Gasteiger partial charge in [-0.25, -0.2) is 0 Å². The first-order chi connectivity index (χ1) is 30.7. The molecule has 64 heavy (non-hydrogen) atoms. The molecule has 1 aliphatic heterocycles. The van der Waals surface area contributed by atoms with E-state index in [9.17, 15) is 0 Å². The topological polar surface area (TPSA) is 19.4 Å². The number of para-hydroxylation sites is 1. The summed E-state index contributed by atoms with van der Waals surface area (Å²) in [7, 11) is 0. The van der Waals surface area contributed by atoms with Crippen LogP contribution in [0.4, 0.5) is 22.7 Å². The van der Waals surface area contributed by atoms with Crippen LogP contribution >= 0.6 is 0 Å².